The van der Waals surface area contributed by atoms with E-state index in [9.17, 15) is 9.59 Å². The van der Waals surface area contributed by atoms with Gasteiger partial charge in [-0.1, -0.05) is 0 Å². The number of carbonyl (C=O) groups is 2. The predicted molar refractivity (Wildman–Crippen MR) is 85.3 cm³/mol. The maximum atomic E-state index is 12.3. The summed E-state index contributed by atoms with van der Waals surface area (Å²) in [6.45, 7) is 1.35. The average molecular weight is 321 g/mol. The second-order valence-corrected chi connectivity index (χ2v) is 5.52. The molecule has 0 bridgehead atoms. The van der Waals surface area contributed by atoms with Gasteiger partial charge in [-0.05, 0) is 25.0 Å². The molecule has 126 valence electrons. The number of ether oxygens (including phenoxy) is 2. The van der Waals surface area contributed by atoms with Gasteiger partial charge in [-0.3, -0.25) is 4.79 Å². The molecule has 0 spiro atoms. The lowest BCUT2D eigenvalue weighted by Gasteiger charge is -2.30. The van der Waals surface area contributed by atoms with Crippen LogP contribution in [0.15, 0.2) is 18.2 Å². The molecular weight excluding hydrogens is 298 g/mol. The first-order valence-electron chi connectivity index (χ1n) is 7.58. The van der Waals surface area contributed by atoms with E-state index in [4.69, 9.17) is 15.2 Å². The van der Waals surface area contributed by atoms with Gasteiger partial charge in [-0.15, -0.1) is 0 Å². The molecule has 1 fully saturated rings. The van der Waals surface area contributed by atoms with Crippen molar-refractivity contribution in [2.75, 3.05) is 27.3 Å². The number of hydrogen-bond acceptors (Lipinski definition) is 4. The number of piperidine rings is 1. The van der Waals surface area contributed by atoms with E-state index in [2.05, 4.69) is 5.32 Å². The molecule has 7 nitrogen and oxygen atoms in total. The molecule has 1 atom stereocenters. The minimum atomic E-state index is -0.473. The molecule has 1 aliphatic rings. The number of primary amides is 1. The molecule has 0 unspecified atom stereocenters. The van der Waals surface area contributed by atoms with E-state index in [0.717, 1.165) is 18.4 Å². The Kier molecular flexibility index (Phi) is 5.67. The van der Waals surface area contributed by atoms with Crippen molar-refractivity contribution in [2.45, 2.75) is 19.4 Å². The van der Waals surface area contributed by atoms with Gasteiger partial charge in [0.05, 0.1) is 20.1 Å². The zero-order valence-electron chi connectivity index (χ0n) is 13.5. The standard InChI is InChI=1S/C16H23N3O4/c1-22-13-6-5-11(14(8-13)23-2)9-18-15(20)12-4-3-7-19(10-12)16(17)21/h5-6,8,12H,3-4,7,9-10H2,1-2H3,(H2,17,21)(H,18,20)/t12-/m1/s1. The molecule has 0 saturated carbocycles. The van der Waals surface area contributed by atoms with Crippen LogP contribution >= 0.6 is 0 Å². The van der Waals surface area contributed by atoms with E-state index in [1.54, 1.807) is 20.3 Å². The summed E-state index contributed by atoms with van der Waals surface area (Å²) < 4.78 is 10.5. The fourth-order valence-electron chi connectivity index (χ4n) is 2.72. The number of methoxy groups -OCH3 is 2. The summed E-state index contributed by atoms with van der Waals surface area (Å²) in [5.41, 5.74) is 6.15. The van der Waals surface area contributed by atoms with E-state index in [1.807, 2.05) is 12.1 Å². The van der Waals surface area contributed by atoms with Gasteiger partial charge in [0.15, 0.2) is 0 Å². The van der Waals surface area contributed by atoms with Gasteiger partial charge in [0.25, 0.3) is 0 Å². The highest BCUT2D eigenvalue weighted by Crippen LogP contribution is 2.24. The third kappa shape index (κ3) is 4.28. The third-order valence-electron chi connectivity index (χ3n) is 4.05. The predicted octanol–water partition coefficient (Wildman–Crippen LogP) is 1.11. The molecule has 0 radical (unpaired) electrons. The van der Waals surface area contributed by atoms with Crippen molar-refractivity contribution < 1.29 is 19.1 Å². The lowest BCUT2D eigenvalue weighted by Crippen LogP contribution is -2.47. The number of rotatable bonds is 5. The summed E-state index contributed by atoms with van der Waals surface area (Å²) in [4.78, 5) is 25.1. The van der Waals surface area contributed by atoms with Crippen molar-refractivity contribution in [1.82, 2.24) is 10.2 Å². The molecule has 1 aliphatic heterocycles. The van der Waals surface area contributed by atoms with Crippen molar-refractivity contribution in [3.05, 3.63) is 23.8 Å². The van der Waals surface area contributed by atoms with Gasteiger partial charge in [0.1, 0.15) is 11.5 Å². The number of hydrogen-bond donors (Lipinski definition) is 2. The molecule has 1 heterocycles. The van der Waals surface area contributed by atoms with Crippen LogP contribution in [0, 0.1) is 5.92 Å². The molecule has 1 saturated heterocycles. The number of likely N-dealkylation sites (tertiary alicyclic amines) is 1. The Morgan fingerprint density at radius 3 is 2.78 bits per heavy atom. The van der Waals surface area contributed by atoms with E-state index >= 15 is 0 Å². The van der Waals surface area contributed by atoms with Gasteiger partial charge >= 0.3 is 6.03 Å². The molecule has 3 N–H and O–H groups in total. The molecule has 1 aromatic carbocycles. The van der Waals surface area contributed by atoms with E-state index in [-0.39, 0.29) is 11.8 Å². The summed E-state index contributed by atoms with van der Waals surface area (Å²) >= 11 is 0. The Bertz CT molecular complexity index is 576. The average Bonchev–Trinajstić information content (AvgIpc) is 2.59. The molecule has 0 aromatic heterocycles. The van der Waals surface area contributed by atoms with Crippen LogP contribution in [-0.2, 0) is 11.3 Å². The smallest absolute Gasteiger partial charge is 0.314 e. The summed E-state index contributed by atoms with van der Waals surface area (Å²) in [5.74, 6) is 1.06. The minimum absolute atomic E-state index is 0.0752. The fraction of sp³-hybridized carbons (Fsp3) is 0.500. The lowest BCUT2D eigenvalue weighted by molar-refractivity contribution is -0.126. The molecule has 23 heavy (non-hydrogen) atoms. The molecule has 1 aromatic rings. The van der Waals surface area contributed by atoms with Crippen LogP contribution in [0.25, 0.3) is 0 Å². The van der Waals surface area contributed by atoms with Crippen LogP contribution in [0.1, 0.15) is 18.4 Å². The maximum Gasteiger partial charge on any atom is 0.314 e. The molecule has 7 heteroatoms. The Hall–Kier alpha value is -2.44. The largest absolute Gasteiger partial charge is 0.497 e. The van der Waals surface area contributed by atoms with Gasteiger partial charge in [0, 0.05) is 31.3 Å². The molecular formula is C16H23N3O4. The van der Waals surface area contributed by atoms with Crippen LogP contribution in [0.3, 0.4) is 0 Å². The van der Waals surface area contributed by atoms with E-state index in [0.29, 0.717) is 31.1 Å². The zero-order valence-corrected chi connectivity index (χ0v) is 13.5. The lowest BCUT2D eigenvalue weighted by atomic mass is 9.97. The first kappa shape index (κ1) is 16.9. The SMILES string of the molecule is COc1ccc(CNC(=O)[C@@H]2CCCN(C(N)=O)C2)c(OC)c1. The van der Waals surface area contributed by atoms with Gasteiger partial charge < -0.3 is 25.4 Å². The highest BCUT2D eigenvalue weighted by Gasteiger charge is 2.27. The van der Waals surface area contributed by atoms with Crippen molar-refractivity contribution in [3.8, 4) is 11.5 Å². The number of amides is 3. The summed E-state index contributed by atoms with van der Waals surface area (Å²) in [5, 5.41) is 2.90. The topological polar surface area (TPSA) is 93.9 Å². The van der Waals surface area contributed by atoms with Crippen molar-refractivity contribution in [1.29, 1.82) is 0 Å². The highest BCUT2D eigenvalue weighted by molar-refractivity contribution is 5.80. The van der Waals surface area contributed by atoms with Gasteiger partial charge in [0.2, 0.25) is 5.91 Å². The van der Waals surface area contributed by atoms with Crippen LogP contribution in [-0.4, -0.2) is 44.1 Å². The van der Waals surface area contributed by atoms with Crippen molar-refractivity contribution in [3.63, 3.8) is 0 Å². The van der Waals surface area contributed by atoms with Crippen LogP contribution in [0.4, 0.5) is 4.79 Å². The summed E-state index contributed by atoms with van der Waals surface area (Å²) in [6, 6.07) is 4.98. The highest BCUT2D eigenvalue weighted by atomic mass is 16.5. The molecule has 2 rings (SSSR count). The minimum Gasteiger partial charge on any atom is -0.497 e. The van der Waals surface area contributed by atoms with E-state index in [1.165, 1.54) is 4.90 Å². The zero-order chi connectivity index (χ0) is 16.8. The monoisotopic (exact) mass is 321 g/mol. The van der Waals surface area contributed by atoms with Crippen LogP contribution in [0.5, 0.6) is 11.5 Å². The molecule has 3 amide bonds. The Morgan fingerprint density at radius 1 is 1.35 bits per heavy atom. The Labute approximate surface area is 135 Å². The summed E-state index contributed by atoms with van der Waals surface area (Å²) in [6.07, 6.45) is 1.54. The second kappa shape index (κ2) is 7.71. The van der Waals surface area contributed by atoms with Crippen LogP contribution < -0.4 is 20.5 Å². The quantitative estimate of drug-likeness (QED) is 0.849. The van der Waals surface area contributed by atoms with Gasteiger partial charge in [-0.25, -0.2) is 4.79 Å². The van der Waals surface area contributed by atoms with Crippen molar-refractivity contribution in [2.24, 2.45) is 11.7 Å². The first-order valence-corrected chi connectivity index (χ1v) is 7.58. The second-order valence-electron chi connectivity index (χ2n) is 5.52. The Balaban J connectivity index is 1.95. The number of benzene rings is 1. The van der Waals surface area contributed by atoms with Gasteiger partial charge in [-0.2, -0.15) is 0 Å². The molecule has 0 aliphatic carbocycles. The number of nitrogens with zero attached hydrogens (tertiary/aromatic N) is 1. The number of nitrogens with one attached hydrogen (secondary N) is 1. The number of carbonyl (C=O) groups excluding carboxylic acids is 2. The van der Waals surface area contributed by atoms with Crippen LogP contribution in [0.2, 0.25) is 0 Å². The number of urea groups is 1. The number of nitrogens with two attached hydrogens (primary N) is 1. The summed E-state index contributed by atoms with van der Waals surface area (Å²) in [7, 11) is 3.16. The first-order chi connectivity index (χ1) is 11.0. The normalized spacial score (nSPS) is 17.5. The fourth-order valence-corrected chi connectivity index (χ4v) is 2.72. The van der Waals surface area contributed by atoms with Crippen molar-refractivity contribution >= 4 is 11.9 Å². The third-order valence-corrected chi connectivity index (χ3v) is 4.05. The van der Waals surface area contributed by atoms with E-state index < -0.39 is 6.03 Å². The Morgan fingerprint density at radius 2 is 2.13 bits per heavy atom. The maximum absolute atomic E-state index is 12.3.